The van der Waals surface area contributed by atoms with Crippen molar-refractivity contribution in [3.8, 4) is 11.5 Å². The van der Waals surface area contributed by atoms with Crippen LogP contribution in [0.15, 0.2) is 36.4 Å². The fourth-order valence-electron chi connectivity index (χ4n) is 3.00. The first-order valence-electron chi connectivity index (χ1n) is 7.25. The van der Waals surface area contributed by atoms with Crippen LogP contribution in [0.2, 0.25) is 0 Å². The van der Waals surface area contributed by atoms with Crippen molar-refractivity contribution in [2.24, 2.45) is 5.73 Å². The zero-order valence-corrected chi connectivity index (χ0v) is 12.7. The summed E-state index contributed by atoms with van der Waals surface area (Å²) in [6, 6.07) is 12.2. The van der Waals surface area contributed by atoms with Crippen LogP contribution in [0.5, 0.6) is 11.5 Å². The van der Waals surface area contributed by atoms with E-state index in [9.17, 15) is 0 Å². The van der Waals surface area contributed by atoms with E-state index in [1.807, 2.05) is 31.2 Å². The summed E-state index contributed by atoms with van der Waals surface area (Å²) >= 11 is 0. The maximum absolute atomic E-state index is 6.48. The van der Waals surface area contributed by atoms with E-state index in [2.05, 4.69) is 19.1 Å². The second-order valence-electron chi connectivity index (χ2n) is 5.67. The molecule has 1 heterocycles. The normalized spacial score (nSPS) is 18.0. The Morgan fingerprint density at radius 3 is 2.67 bits per heavy atom. The van der Waals surface area contributed by atoms with Gasteiger partial charge >= 0.3 is 0 Å². The average Bonchev–Trinajstić information content (AvgIpc) is 2.92. The van der Waals surface area contributed by atoms with Crippen LogP contribution in [0.4, 0.5) is 0 Å². The minimum absolute atomic E-state index is 0.00565. The van der Waals surface area contributed by atoms with Gasteiger partial charge in [0.15, 0.2) is 0 Å². The first kappa shape index (κ1) is 14.0. The van der Waals surface area contributed by atoms with Gasteiger partial charge in [-0.3, -0.25) is 0 Å². The lowest BCUT2D eigenvalue weighted by Crippen LogP contribution is -2.30. The van der Waals surface area contributed by atoms with Gasteiger partial charge < -0.3 is 15.2 Å². The van der Waals surface area contributed by atoms with Crippen molar-refractivity contribution in [3.63, 3.8) is 0 Å². The molecule has 0 aromatic heterocycles. The highest BCUT2D eigenvalue weighted by Gasteiger charge is 2.29. The number of para-hydroxylation sites is 1. The number of nitrogens with two attached hydrogens (primary N) is 1. The molecule has 0 aliphatic carbocycles. The molecule has 1 aliphatic rings. The van der Waals surface area contributed by atoms with Crippen LogP contribution < -0.4 is 15.2 Å². The topological polar surface area (TPSA) is 44.5 Å². The third-order valence-corrected chi connectivity index (χ3v) is 4.22. The molecule has 2 N–H and O–H groups in total. The molecule has 1 aliphatic heterocycles. The second-order valence-corrected chi connectivity index (χ2v) is 5.67. The summed E-state index contributed by atoms with van der Waals surface area (Å²) < 4.78 is 11.4. The van der Waals surface area contributed by atoms with Crippen LogP contribution in [-0.2, 0) is 6.42 Å². The van der Waals surface area contributed by atoms with Gasteiger partial charge in [-0.1, -0.05) is 24.3 Å². The van der Waals surface area contributed by atoms with Gasteiger partial charge in [-0.25, -0.2) is 0 Å². The average molecular weight is 283 g/mol. The number of fused-ring (bicyclic) bond motifs is 1. The number of methoxy groups -OCH3 is 1. The zero-order valence-electron chi connectivity index (χ0n) is 12.7. The molecule has 0 saturated heterocycles. The molecule has 2 atom stereocenters. The number of hydrogen-bond donors (Lipinski definition) is 1. The Balaban J connectivity index is 1.87. The summed E-state index contributed by atoms with van der Waals surface area (Å²) in [5.41, 5.74) is 11.1. The molecular weight excluding hydrogens is 262 g/mol. The molecule has 2 aromatic rings. The van der Waals surface area contributed by atoms with Crippen LogP contribution >= 0.6 is 0 Å². The third kappa shape index (κ3) is 2.49. The molecule has 2 aromatic carbocycles. The van der Waals surface area contributed by atoms with Crippen molar-refractivity contribution in [2.45, 2.75) is 32.4 Å². The fourth-order valence-corrected chi connectivity index (χ4v) is 3.00. The SMILES string of the molecule is COc1cc(C)c(C(N)C2Cc3ccccc3O2)cc1C. The number of hydrogen-bond acceptors (Lipinski definition) is 3. The Hall–Kier alpha value is -2.00. The lowest BCUT2D eigenvalue weighted by Gasteiger charge is -2.22. The van der Waals surface area contributed by atoms with Crippen LogP contribution in [0.3, 0.4) is 0 Å². The maximum atomic E-state index is 6.48. The minimum Gasteiger partial charge on any atom is -0.496 e. The van der Waals surface area contributed by atoms with Crippen molar-refractivity contribution in [2.75, 3.05) is 7.11 Å². The fraction of sp³-hybridized carbons (Fsp3) is 0.333. The molecule has 0 saturated carbocycles. The Kier molecular flexibility index (Phi) is 3.60. The standard InChI is InChI=1S/C18H21NO2/c1-11-9-16(20-3)12(2)8-14(11)18(19)17-10-13-6-4-5-7-15(13)21-17/h4-9,17-18H,10,19H2,1-3H3. The van der Waals surface area contributed by atoms with E-state index < -0.39 is 0 Å². The second kappa shape index (κ2) is 5.41. The van der Waals surface area contributed by atoms with Gasteiger partial charge in [0.1, 0.15) is 17.6 Å². The zero-order chi connectivity index (χ0) is 15.0. The van der Waals surface area contributed by atoms with E-state index in [4.69, 9.17) is 15.2 Å². The number of ether oxygens (including phenoxy) is 2. The molecule has 0 bridgehead atoms. The van der Waals surface area contributed by atoms with E-state index >= 15 is 0 Å². The summed E-state index contributed by atoms with van der Waals surface area (Å²) in [7, 11) is 1.69. The Labute approximate surface area is 125 Å². The van der Waals surface area contributed by atoms with Gasteiger partial charge in [0.05, 0.1) is 13.2 Å². The predicted octanol–water partition coefficient (Wildman–Crippen LogP) is 3.32. The first-order valence-corrected chi connectivity index (χ1v) is 7.25. The predicted molar refractivity (Wildman–Crippen MR) is 84.0 cm³/mol. The van der Waals surface area contributed by atoms with Crippen LogP contribution in [0.25, 0.3) is 0 Å². The van der Waals surface area contributed by atoms with Crippen molar-refractivity contribution in [3.05, 3.63) is 58.7 Å². The molecule has 0 fully saturated rings. The summed E-state index contributed by atoms with van der Waals surface area (Å²) in [6.07, 6.45) is 0.857. The lowest BCUT2D eigenvalue weighted by molar-refractivity contribution is 0.199. The van der Waals surface area contributed by atoms with Gasteiger partial charge in [0.2, 0.25) is 0 Å². The highest BCUT2D eigenvalue weighted by molar-refractivity contribution is 5.44. The van der Waals surface area contributed by atoms with Crippen molar-refractivity contribution < 1.29 is 9.47 Å². The monoisotopic (exact) mass is 283 g/mol. The van der Waals surface area contributed by atoms with Gasteiger partial charge in [0.25, 0.3) is 0 Å². The molecule has 0 spiro atoms. The molecule has 3 nitrogen and oxygen atoms in total. The molecule has 2 unspecified atom stereocenters. The summed E-state index contributed by atoms with van der Waals surface area (Å²) in [6.45, 7) is 4.11. The summed E-state index contributed by atoms with van der Waals surface area (Å²) in [5.74, 6) is 1.86. The molecule has 3 heteroatoms. The van der Waals surface area contributed by atoms with E-state index in [1.165, 1.54) is 5.56 Å². The largest absolute Gasteiger partial charge is 0.496 e. The van der Waals surface area contributed by atoms with Crippen LogP contribution in [-0.4, -0.2) is 13.2 Å². The lowest BCUT2D eigenvalue weighted by atomic mass is 9.93. The molecule has 0 amide bonds. The Morgan fingerprint density at radius 1 is 1.19 bits per heavy atom. The number of rotatable bonds is 3. The number of benzene rings is 2. The molecule has 21 heavy (non-hydrogen) atoms. The Bertz CT molecular complexity index is 641. The maximum Gasteiger partial charge on any atom is 0.123 e. The van der Waals surface area contributed by atoms with Crippen LogP contribution in [0.1, 0.15) is 28.3 Å². The summed E-state index contributed by atoms with van der Waals surface area (Å²) in [4.78, 5) is 0. The molecule has 0 radical (unpaired) electrons. The molecular formula is C18H21NO2. The minimum atomic E-state index is -0.137. The van der Waals surface area contributed by atoms with Crippen molar-refractivity contribution in [1.82, 2.24) is 0 Å². The van der Waals surface area contributed by atoms with Gasteiger partial charge in [-0.05, 0) is 48.2 Å². The molecule has 110 valence electrons. The first-order chi connectivity index (χ1) is 10.1. The summed E-state index contributed by atoms with van der Waals surface area (Å²) in [5, 5.41) is 0. The number of aryl methyl sites for hydroxylation is 2. The molecule has 3 rings (SSSR count). The Morgan fingerprint density at radius 2 is 1.95 bits per heavy atom. The van der Waals surface area contributed by atoms with Gasteiger partial charge in [-0.2, -0.15) is 0 Å². The third-order valence-electron chi connectivity index (χ3n) is 4.22. The smallest absolute Gasteiger partial charge is 0.123 e. The van der Waals surface area contributed by atoms with Crippen molar-refractivity contribution >= 4 is 0 Å². The highest BCUT2D eigenvalue weighted by atomic mass is 16.5. The van der Waals surface area contributed by atoms with E-state index in [1.54, 1.807) is 7.11 Å². The van der Waals surface area contributed by atoms with E-state index in [-0.39, 0.29) is 12.1 Å². The highest BCUT2D eigenvalue weighted by Crippen LogP contribution is 2.35. The van der Waals surface area contributed by atoms with Gasteiger partial charge in [-0.15, -0.1) is 0 Å². The van der Waals surface area contributed by atoms with Gasteiger partial charge in [0, 0.05) is 6.42 Å². The van der Waals surface area contributed by atoms with Crippen LogP contribution in [0, 0.1) is 13.8 Å². The quantitative estimate of drug-likeness (QED) is 0.940. The van der Waals surface area contributed by atoms with E-state index in [0.717, 1.165) is 34.6 Å². The van der Waals surface area contributed by atoms with E-state index in [0.29, 0.717) is 0 Å². The van der Waals surface area contributed by atoms with Crippen molar-refractivity contribution in [1.29, 1.82) is 0 Å².